The van der Waals surface area contributed by atoms with E-state index in [1.807, 2.05) is 47.4 Å². The Morgan fingerprint density at radius 1 is 0.905 bits per heavy atom. The van der Waals surface area contributed by atoms with E-state index in [0.717, 1.165) is 12.0 Å². The van der Waals surface area contributed by atoms with Crippen molar-refractivity contribution in [3.8, 4) is 5.75 Å². The predicted octanol–water partition coefficient (Wildman–Crippen LogP) is 4.29. The van der Waals surface area contributed by atoms with Crippen LogP contribution in [0.5, 0.6) is 5.75 Å². The molecule has 0 N–H and O–H groups in total. The van der Waals surface area contributed by atoms with Gasteiger partial charge in [-0.25, -0.2) is 0 Å². The molecule has 0 radical (unpaired) electrons. The third kappa shape index (κ3) is 3.45. The molecular formula is C34H32N2O6. The van der Waals surface area contributed by atoms with Crippen LogP contribution in [0.2, 0.25) is 0 Å². The molecule has 1 aliphatic carbocycles. The van der Waals surface area contributed by atoms with Gasteiger partial charge in [-0.2, -0.15) is 0 Å². The van der Waals surface area contributed by atoms with E-state index in [0.29, 0.717) is 35.5 Å². The Labute approximate surface area is 244 Å². The second-order valence-corrected chi connectivity index (χ2v) is 11.5. The summed E-state index contributed by atoms with van der Waals surface area (Å²) in [5.41, 5.74) is 0.530. The standard InChI is InChI=1S/C34H32N2O6/c1-3-42-33(40)28-27(25-14-9-19-35(25)34(28)30(37)23-12-7-8-13-24(23)31(34)38)29-26(20-10-5-4-6-11-20)32(39)36(29)21-15-17-22(41-2)18-16-21/h4-8,10-13,15-18,25-29H,3,9,14,19H2,1-2H3/t25?,26-,27+,28+,29-/m1/s1. The topological polar surface area (TPSA) is 93.2 Å². The molecule has 5 atom stereocenters. The lowest BCUT2D eigenvalue weighted by molar-refractivity contribution is -0.152. The Morgan fingerprint density at radius 2 is 1.55 bits per heavy atom. The summed E-state index contributed by atoms with van der Waals surface area (Å²) in [5, 5.41) is 0. The van der Waals surface area contributed by atoms with Gasteiger partial charge in [-0.05, 0) is 56.1 Å². The molecule has 3 aromatic carbocycles. The second kappa shape index (κ2) is 9.91. The maximum Gasteiger partial charge on any atom is 0.312 e. The molecule has 0 aromatic heterocycles. The van der Waals surface area contributed by atoms with Gasteiger partial charge in [0.1, 0.15) is 5.75 Å². The second-order valence-electron chi connectivity index (χ2n) is 11.5. The number of esters is 1. The van der Waals surface area contributed by atoms with Crippen LogP contribution in [0, 0.1) is 11.8 Å². The molecular weight excluding hydrogens is 532 g/mol. The largest absolute Gasteiger partial charge is 0.497 e. The molecule has 7 rings (SSSR count). The minimum atomic E-state index is -1.69. The number of Topliss-reactive ketones (excluding diaryl/α,β-unsaturated/α-hetero) is 2. The van der Waals surface area contributed by atoms with E-state index in [1.165, 1.54) is 0 Å². The number of hydrogen-bond acceptors (Lipinski definition) is 7. The van der Waals surface area contributed by atoms with Gasteiger partial charge < -0.3 is 14.4 Å². The van der Waals surface area contributed by atoms with Crippen LogP contribution in [-0.4, -0.2) is 66.2 Å². The molecule has 0 saturated carbocycles. The Bertz CT molecular complexity index is 1550. The molecule has 8 heteroatoms. The summed E-state index contributed by atoms with van der Waals surface area (Å²) < 4.78 is 11.0. The fourth-order valence-corrected chi connectivity index (χ4v) is 8.18. The molecule has 1 spiro atoms. The molecule has 3 aromatic rings. The van der Waals surface area contributed by atoms with Crippen molar-refractivity contribution in [3.63, 3.8) is 0 Å². The van der Waals surface area contributed by atoms with Crippen LogP contribution >= 0.6 is 0 Å². The number of fused-ring (bicyclic) bond motifs is 3. The van der Waals surface area contributed by atoms with Crippen molar-refractivity contribution in [2.75, 3.05) is 25.2 Å². The lowest BCUT2D eigenvalue weighted by atomic mass is 9.65. The normalized spacial score (nSPS) is 27.6. The number of nitrogens with zero attached hydrogens (tertiary/aromatic N) is 2. The predicted molar refractivity (Wildman–Crippen MR) is 155 cm³/mol. The van der Waals surface area contributed by atoms with E-state index in [9.17, 15) is 19.2 Å². The number of carbonyl (C=O) groups excluding carboxylic acids is 4. The zero-order valence-corrected chi connectivity index (χ0v) is 23.6. The fraction of sp³-hybridized carbons (Fsp3) is 0.353. The summed E-state index contributed by atoms with van der Waals surface area (Å²) in [6.07, 6.45) is 1.50. The maximum absolute atomic E-state index is 14.4. The SMILES string of the molecule is CCOC(=O)[C@@H]1[C@@H]([C@H]2[C@@H](c3ccccc3)C(=O)N2c2ccc(OC)cc2)C2CCCN2C12C(=O)c1ccccc1C2=O. The number of hydrogen-bond donors (Lipinski definition) is 0. The van der Waals surface area contributed by atoms with Gasteiger partial charge >= 0.3 is 5.97 Å². The van der Waals surface area contributed by atoms with E-state index in [4.69, 9.17) is 9.47 Å². The molecule has 1 amide bonds. The van der Waals surface area contributed by atoms with Crippen molar-refractivity contribution < 1.29 is 28.7 Å². The Balaban J connectivity index is 1.42. The highest BCUT2D eigenvalue weighted by Gasteiger charge is 2.75. The van der Waals surface area contributed by atoms with E-state index in [1.54, 1.807) is 55.3 Å². The van der Waals surface area contributed by atoms with Crippen LogP contribution < -0.4 is 9.64 Å². The number of anilines is 1. The fourth-order valence-electron chi connectivity index (χ4n) is 8.18. The lowest BCUT2D eigenvalue weighted by Crippen LogP contribution is -2.66. The molecule has 0 bridgehead atoms. The Kier molecular flexibility index (Phi) is 6.27. The summed E-state index contributed by atoms with van der Waals surface area (Å²) in [7, 11) is 1.59. The number of amides is 1. The van der Waals surface area contributed by atoms with Crippen LogP contribution in [0.4, 0.5) is 5.69 Å². The van der Waals surface area contributed by atoms with Crippen molar-refractivity contribution >= 4 is 29.1 Å². The highest BCUT2D eigenvalue weighted by Crippen LogP contribution is 2.59. The van der Waals surface area contributed by atoms with E-state index >= 15 is 0 Å². The monoisotopic (exact) mass is 564 g/mol. The van der Waals surface area contributed by atoms with Crippen molar-refractivity contribution in [1.82, 2.24) is 4.90 Å². The van der Waals surface area contributed by atoms with Gasteiger partial charge in [-0.1, -0.05) is 54.6 Å². The third-order valence-corrected chi connectivity index (χ3v) is 9.73. The molecule has 214 valence electrons. The number of ketones is 2. The molecule has 3 heterocycles. The molecule has 1 unspecified atom stereocenters. The van der Waals surface area contributed by atoms with Gasteiger partial charge in [0.25, 0.3) is 0 Å². The van der Waals surface area contributed by atoms with Gasteiger partial charge in [-0.3, -0.25) is 24.1 Å². The first-order valence-corrected chi connectivity index (χ1v) is 14.6. The minimum absolute atomic E-state index is 0.0863. The molecule has 3 aliphatic heterocycles. The van der Waals surface area contributed by atoms with Crippen LogP contribution in [0.15, 0.2) is 78.9 Å². The summed E-state index contributed by atoms with van der Waals surface area (Å²) in [6, 6.07) is 23.0. The van der Waals surface area contributed by atoms with Crippen LogP contribution in [0.25, 0.3) is 0 Å². The first-order chi connectivity index (χ1) is 20.4. The number of benzene rings is 3. The number of β-lactam (4-membered cyclic amide) rings is 1. The molecule has 42 heavy (non-hydrogen) atoms. The third-order valence-electron chi connectivity index (χ3n) is 9.73. The zero-order chi connectivity index (χ0) is 29.2. The molecule has 3 fully saturated rings. The lowest BCUT2D eigenvalue weighted by Gasteiger charge is -2.52. The van der Waals surface area contributed by atoms with Crippen LogP contribution in [0.1, 0.15) is 52.0 Å². The van der Waals surface area contributed by atoms with E-state index in [-0.39, 0.29) is 30.1 Å². The van der Waals surface area contributed by atoms with Crippen LogP contribution in [0.3, 0.4) is 0 Å². The van der Waals surface area contributed by atoms with Gasteiger partial charge in [0.15, 0.2) is 17.1 Å². The van der Waals surface area contributed by atoms with Crippen molar-refractivity contribution in [3.05, 3.63) is 95.6 Å². The van der Waals surface area contributed by atoms with Crippen molar-refractivity contribution in [2.24, 2.45) is 11.8 Å². The smallest absolute Gasteiger partial charge is 0.312 e. The quantitative estimate of drug-likeness (QED) is 0.251. The number of rotatable bonds is 6. The first-order valence-electron chi connectivity index (χ1n) is 14.6. The van der Waals surface area contributed by atoms with Gasteiger partial charge in [0.05, 0.1) is 31.6 Å². The number of methoxy groups -OCH3 is 1. The average Bonchev–Trinajstić information content (AvgIpc) is 3.66. The molecule has 4 aliphatic rings. The van der Waals surface area contributed by atoms with Crippen molar-refractivity contribution in [1.29, 1.82) is 0 Å². The maximum atomic E-state index is 14.4. The first kappa shape index (κ1) is 26.6. The van der Waals surface area contributed by atoms with E-state index in [2.05, 4.69) is 0 Å². The van der Waals surface area contributed by atoms with Crippen LogP contribution in [-0.2, 0) is 14.3 Å². The van der Waals surface area contributed by atoms with Crippen molar-refractivity contribution in [2.45, 2.75) is 43.3 Å². The average molecular weight is 565 g/mol. The zero-order valence-electron chi connectivity index (χ0n) is 23.6. The molecule has 8 nitrogen and oxygen atoms in total. The van der Waals surface area contributed by atoms with E-state index < -0.39 is 35.3 Å². The number of carbonyl (C=O) groups is 4. The van der Waals surface area contributed by atoms with Gasteiger partial charge in [0, 0.05) is 28.8 Å². The van der Waals surface area contributed by atoms with Gasteiger partial charge in [0.2, 0.25) is 5.91 Å². The minimum Gasteiger partial charge on any atom is -0.497 e. The van der Waals surface area contributed by atoms with Gasteiger partial charge in [-0.15, -0.1) is 0 Å². The Hall–Kier alpha value is -4.30. The summed E-state index contributed by atoms with van der Waals surface area (Å²) >= 11 is 0. The number of ether oxygens (including phenoxy) is 2. The Morgan fingerprint density at radius 3 is 2.17 bits per heavy atom. The highest BCUT2D eigenvalue weighted by atomic mass is 16.5. The highest BCUT2D eigenvalue weighted by molar-refractivity contribution is 6.34. The summed E-state index contributed by atoms with van der Waals surface area (Å²) in [6.45, 7) is 2.36. The molecule has 3 saturated heterocycles. The summed E-state index contributed by atoms with van der Waals surface area (Å²) in [4.78, 5) is 60.8. The summed E-state index contributed by atoms with van der Waals surface area (Å²) in [5.74, 6) is -2.79.